The molecule has 0 fully saturated rings. The van der Waals surface area contributed by atoms with Gasteiger partial charge in [0, 0.05) is 20.3 Å². The van der Waals surface area contributed by atoms with Gasteiger partial charge < -0.3 is 19.9 Å². The van der Waals surface area contributed by atoms with Crippen LogP contribution in [0.25, 0.3) is 0 Å². The topological polar surface area (TPSA) is 107 Å². The maximum atomic E-state index is 11.4. The van der Waals surface area contributed by atoms with Crippen molar-refractivity contribution in [1.29, 1.82) is 0 Å². The monoisotopic (exact) mass is 296 g/mol. The molecule has 7 nitrogen and oxygen atoms in total. The second-order valence-corrected chi connectivity index (χ2v) is 4.39. The molecule has 0 saturated heterocycles. The molecule has 1 atom stereocenters. The number of rotatable bonds is 5. The molecule has 7 heteroatoms. The second kappa shape index (κ2) is 7.39. The highest BCUT2D eigenvalue weighted by Crippen LogP contribution is 2.29. The Morgan fingerprint density at radius 2 is 1.67 bits per heavy atom. The Hall–Kier alpha value is -2.41. The van der Waals surface area contributed by atoms with Crippen LogP contribution in [0.3, 0.4) is 0 Å². The van der Waals surface area contributed by atoms with Crippen LogP contribution in [-0.2, 0) is 25.5 Å². The van der Waals surface area contributed by atoms with Gasteiger partial charge in [-0.3, -0.25) is 9.59 Å². The first-order valence-electron chi connectivity index (χ1n) is 6.24. The van der Waals surface area contributed by atoms with Crippen molar-refractivity contribution < 1.29 is 34.3 Å². The summed E-state index contributed by atoms with van der Waals surface area (Å²) in [5.74, 6) is -1.25. The van der Waals surface area contributed by atoms with Gasteiger partial charge in [0.2, 0.25) is 0 Å². The molecule has 0 aliphatic heterocycles. The molecule has 0 amide bonds. The van der Waals surface area contributed by atoms with Crippen LogP contribution in [0.4, 0.5) is 0 Å². The molecule has 0 saturated carbocycles. The lowest BCUT2D eigenvalue weighted by atomic mass is 10.1. The van der Waals surface area contributed by atoms with Gasteiger partial charge in [0.15, 0.2) is 17.5 Å². The predicted molar refractivity (Wildman–Crippen MR) is 71.5 cm³/mol. The third kappa shape index (κ3) is 5.23. The van der Waals surface area contributed by atoms with E-state index in [9.17, 15) is 14.4 Å². The molecule has 21 heavy (non-hydrogen) atoms. The van der Waals surface area contributed by atoms with Gasteiger partial charge >= 0.3 is 17.9 Å². The van der Waals surface area contributed by atoms with Crippen molar-refractivity contribution in [3.63, 3.8) is 0 Å². The number of hydrogen-bond donors (Lipinski definition) is 1. The Balaban J connectivity index is 3.00. The van der Waals surface area contributed by atoms with Gasteiger partial charge in [0.1, 0.15) is 0 Å². The van der Waals surface area contributed by atoms with Crippen molar-refractivity contribution in [2.45, 2.75) is 26.3 Å². The zero-order valence-corrected chi connectivity index (χ0v) is 12.2. The summed E-state index contributed by atoms with van der Waals surface area (Å²) in [6, 6.07) is 4.10. The first-order chi connectivity index (χ1) is 9.83. The number of methoxy groups -OCH3 is 1. The molecule has 0 aromatic heterocycles. The lowest BCUT2D eigenvalue weighted by Gasteiger charge is -2.11. The Labute approximate surface area is 122 Å². The van der Waals surface area contributed by atoms with E-state index in [4.69, 9.17) is 9.47 Å². The number of quaternary nitrogens is 1. The fourth-order valence-corrected chi connectivity index (χ4v) is 1.69. The quantitative estimate of drug-likeness (QED) is 0.599. The summed E-state index contributed by atoms with van der Waals surface area (Å²) in [7, 11) is 1.29. The minimum Gasteiger partial charge on any atom is -0.465 e. The molecule has 0 spiro atoms. The van der Waals surface area contributed by atoms with Crippen LogP contribution in [0, 0.1) is 0 Å². The molecule has 0 aliphatic rings. The van der Waals surface area contributed by atoms with E-state index in [1.54, 1.807) is 6.07 Å². The number of ether oxygens (including phenoxy) is 3. The SMILES string of the molecule is COC(=O)[C@@H]([NH3+])Cc1ccc(OC(C)=O)c(OC(C)=O)c1. The van der Waals surface area contributed by atoms with Crippen molar-refractivity contribution in [3.05, 3.63) is 23.8 Å². The summed E-state index contributed by atoms with van der Waals surface area (Å²) in [4.78, 5) is 33.5. The van der Waals surface area contributed by atoms with Crippen LogP contribution in [0.5, 0.6) is 11.5 Å². The number of benzene rings is 1. The Morgan fingerprint density at radius 3 is 2.19 bits per heavy atom. The third-order valence-electron chi connectivity index (χ3n) is 2.53. The Morgan fingerprint density at radius 1 is 1.10 bits per heavy atom. The predicted octanol–water partition coefficient (Wildman–Crippen LogP) is -0.137. The summed E-state index contributed by atoms with van der Waals surface area (Å²) in [6.07, 6.45) is 0.307. The minimum atomic E-state index is -0.584. The second-order valence-electron chi connectivity index (χ2n) is 4.39. The molecule has 0 radical (unpaired) electrons. The molecule has 1 rings (SSSR count). The van der Waals surface area contributed by atoms with Gasteiger partial charge in [-0.05, 0) is 17.7 Å². The fourth-order valence-electron chi connectivity index (χ4n) is 1.69. The summed E-state index contributed by atoms with van der Waals surface area (Å²) in [5, 5.41) is 0. The Kier molecular flexibility index (Phi) is 5.86. The molecular formula is C14H18NO6+. The lowest BCUT2D eigenvalue weighted by molar-refractivity contribution is -0.407. The first-order valence-corrected chi connectivity index (χ1v) is 6.24. The van der Waals surface area contributed by atoms with Crippen molar-refractivity contribution >= 4 is 17.9 Å². The standard InChI is InChI=1S/C14H17NO6/c1-8(16)20-12-5-4-10(6-11(15)14(18)19-3)7-13(12)21-9(2)17/h4-5,7,11H,6,15H2,1-3H3/p+1/t11-/m0/s1. The van der Waals surface area contributed by atoms with Gasteiger partial charge in [-0.15, -0.1) is 0 Å². The number of hydrogen-bond acceptors (Lipinski definition) is 6. The highest BCUT2D eigenvalue weighted by atomic mass is 16.6. The largest absolute Gasteiger partial charge is 0.465 e. The van der Waals surface area contributed by atoms with E-state index < -0.39 is 23.9 Å². The van der Waals surface area contributed by atoms with Crippen molar-refractivity contribution in [2.24, 2.45) is 0 Å². The normalized spacial score (nSPS) is 11.4. The average Bonchev–Trinajstić information content (AvgIpc) is 2.39. The highest BCUT2D eigenvalue weighted by molar-refractivity contribution is 5.75. The van der Waals surface area contributed by atoms with E-state index in [-0.39, 0.29) is 11.5 Å². The fraction of sp³-hybridized carbons (Fsp3) is 0.357. The number of esters is 3. The van der Waals surface area contributed by atoms with Crippen LogP contribution >= 0.6 is 0 Å². The summed E-state index contributed by atoms with van der Waals surface area (Å²) >= 11 is 0. The van der Waals surface area contributed by atoms with Gasteiger partial charge in [-0.25, -0.2) is 4.79 Å². The van der Waals surface area contributed by atoms with Crippen LogP contribution in [0.2, 0.25) is 0 Å². The van der Waals surface area contributed by atoms with Gasteiger partial charge in [0.05, 0.1) is 7.11 Å². The molecule has 0 unspecified atom stereocenters. The summed E-state index contributed by atoms with van der Waals surface area (Å²) in [6.45, 7) is 2.48. The molecule has 0 heterocycles. The maximum Gasteiger partial charge on any atom is 0.364 e. The van der Waals surface area contributed by atoms with Crippen LogP contribution in [-0.4, -0.2) is 31.1 Å². The lowest BCUT2D eigenvalue weighted by Crippen LogP contribution is -2.66. The highest BCUT2D eigenvalue weighted by Gasteiger charge is 2.20. The number of carbonyl (C=O) groups excluding carboxylic acids is 3. The molecule has 1 aromatic rings. The molecular weight excluding hydrogens is 278 g/mol. The van der Waals surface area contributed by atoms with Gasteiger partial charge in [0.25, 0.3) is 0 Å². The Bertz CT molecular complexity index is 554. The molecule has 0 bridgehead atoms. The molecule has 1 aromatic carbocycles. The van der Waals surface area contributed by atoms with Crippen LogP contribution < -0.4 is 15.2 Å². The van der Waals surface area contributed by atoms with Gasteiger partial charge in [-0.2, -0.15) is 0 Å². The zero-order chi connectivity index (χ0) is 16.0. The van der Waals surface area contributed by atoms with Gasteiger partial charge in [-0.1, -0.05) is 6.07 Å². The zero-order valence-electron chi connectivity index (χ0n) is 12.2. The minimum absolute atomic E-state index is 0.118. The van der Waals surface area contributed by atoms with E-state index in [2.05, 4.69) is 10.5 Å². The van der Waals surface area contributed by atoms with E-state index >= 15 is 0 Å². The number of carbonyl (C=O) groups is 3. The third-order valence-corrected chi connectivity index (χ3v) is 2.53. The average molecular weight is 296 g/mol. The molecule has 114 valence electrons. The van der Waals surface area contributed by atoms with Crippen LogP contribution in [0.15, 0.2) is 18.2 Å². The van der Waals surface area contributed by atoms with Crippen molar-refractivity contribution in [3.8, 4) is 11.5 Å². The van der Waals surface area contributed by atoms with E-state index in [0.717, 1.165) is 0 Å². The smallest absolute Gasteiger partial charge is 0.364 e. The molecule has 0 aliphatic carbocycles. The van der Waals surface area contributed by atoms with E-state index in [0.29, 0.717) is 12.0 Å². The summed E-state index contributed by atoms with van der Waals surface area (Å²) < 4.78 is 14.6. The van der Waals surface area contributed by atoms with E-state index in [1.165, 1.54) is 33.1 Å². The van der Waals surface area contributed by atoms with Crippen molar-refractivity contribution in [1.82, 2.24) is 0 Å². The van der Waals surface area contributed by atoms with Crippen molar-refractivity contribution in [2.75, 3.05) is 7.11 Å². The maximum absolute atomic E-state index is 11.4. The van der Waals surface area contributed by atoms with E-state index in [1.807, 2.05) is 0 Å². The molecule has 3 N–H and O–H groups in total. The van der Waals surface area contributed by atoms with Crippen LogP contribution in [0.1, 0.15) is 19.4 Å². The summed E-state index contributed by atoms with van der Waals surface area (Å²) in [5.41, 5.74) is 4.40. The first kappa shape index (κ1) is 16.6.